The normalized spacial score (nSPS) is 12.4. The molecule has 0 unspecified atom stereocenters. The molecule has 0 saturated heterocycles. The maximum absolute atomic E-state index is 5.33. The fourth-order valence-electron chi connectivity index (χ4n) is 1.37. The van der Waals surface area contributed by atoms with Gasteiger partial charge in [-0.1, -0.05) is 27.7 Å². The van der Waals surface area contributed by atoms with Crippen LogP contribution in [-0.2, 0) is 4.74 Å². The van der Waals surface area contributed by atoms with E-state index in [1.807, 2.05) is 6.92 Å². The zero-order valence-corrected chi connectivity index (χ0v) is 10.5. The molecule has 0 fully saturated rings. The first kappa shape index (κ1) is 13.9. The molecule has 86 valence electrons. The molecule has 0 radical (unpaired) electrons. The fraction of sp³-hybridized carbons (Fsp3) is 1.00. The average molecular weight is 201 g/mol. The van der Waals surface area contributed by atoms with Crippen molar-refractivity contribution in [3.63, 3.8) is 0 Å². The van der Waals surface area contributed by atoms with E-state index in [1.165, 1.54) is 12.8 Å². The molecule has 0 aromatic heterocycles. The van der Waals surface area contributed by atoms with Crippen LogP contribution in [0.4, 0.5) is 0 Å². The first-order valence-corrected chi connectivity index (χ1v) is 5.79. The highest BCUT2D eigenvalue weighted by atomic mass is 16.5. The van der Waals surface area contributed by atoms with E-state index in [0.717, 1.165) is 19.8 Å². The summed E-state index contributed by atoms with van der Waals surface area (Å²) in [6.07, 6.45) is 2.40. The molecular formula is C12H27NO. The molecule has 0 heterocycles. The Bertz CT molecular complexity index is 132. The Morgan fingerprint density at radius 1 is 1.29 bits per heavy atom. The molecule has 0 aromatic carbocycles. The van der Waals surface area contributed by atoms with Gasteiger partial charge in [-0.05, 0) is 25.2 Å². The number of hydrogen-bond donors (Lipinski definition) is 1. The molecule has 1 N–H and O–H groups in total. The first-order valence-electron chi connectivity index (χ1n) is 5.79. The van der Waals surface area contributed by atoms with Crippen LogP contribution in [0, 0.1) is 5.41 Å². The molecule has 0 rings (SSSR count). The summed E-state index contributed by atoms with van der Waals surface area (Å²) in [5.41, 5.74) is 0.390. The van der Waals surface area contributed by atoms with Crippen LogP contribution in [0.2, 0.25) is 0 Å². The standard InChI is InChI=1S/C12H27NO/c1-6-14-9-7-8-12(4,5)10-13-11(2)3/h11,13H,6-10H2,1-5H3. The molecule has 0 spiro atoms. The Labute approximate surface area is 89.4 Å². The summed E-state index contributed by atoms with van der Waals surface area (Å²) in [4.78, 5) is 0. The topological polar surface area (TPSA) is 21.3 Å². The van der Waals surface area contributed by atoms with Gasteiger partial charge >= 0.3 is 0 Å². The quantitative estimate of drug-likeness (QED) is 0.610. The van der Waals surface area contributed by atoms with Crippen molar-refractivity contribution in [3.8, 4) is 0 Å². The summed E-state index contributed by atoms with van der Waals surface area (Å²) < 4.78 is 5.33. The second-order valence-electron chi connectivity index (χ2n) is 5.00. The summed E-state index contributed by atoms with van der Waals surface area (Å²) in [7, 11) is 0. The Morgan fingerprint density at radius 3 is 2.43 bits per heavy atom. The van der Waals surface area contributed by atoms with Gasteiger partial charge in [0.15, 0.2) is 0 Å². The molecule has 0 amide bonds. The van der Waals surface area contributed by atoms with Gasteiger partial charge < -0.3 is 10.1 Å². The summed E-state index contributed by atoms with van der Waals surface area (Å²) in [6, 6.07) is 0.584. The molecule has 0 saturated carbocycles. The third-order valence-corrected chi connectivity index (χ3v) is 2.34. The summed E-state index contributed by atoms with van der Waals surface area (Å²) in [5, 5.41) is 3.49. The predicted molar refractivity (Wildman–Crippen MR) is 62.6 cm³/mol. The van der Waals surface area contributed by atoms with Crippen LogP contribution in [0.1, 0.15) is 47.5 Å². The Kier molecular flexibility index (Phi) is 7.20. The molecule has 2 nitrogen and oxygen atoms in total. The molecule has 0 aliphatic heterocycles. The van der Waals surface area contributed by atoms with E-state index < -0.39 is 0 Å². The molecular weight excluding hydrogens is 174 g/mol. The smallest absolute Gasteiger partial charge is 0.0466 e. The van der Waals surface area contributed by atoms with Crippen LogP contribution >= 0.6 is 0 Å². The molecule has 14 heavy (non-hydrogen) atoms. The maximum atomic E-state index is 5.33. The van der Waals surface area contributed by atoms with E-state index in [-0.39, 0.29) is 0 Å². The lowest BCUT2D eigenvalue weighted by atomic mass is 9.87. The van der Waals surface area contributed by atoms with Gasteiger partial charge in [0.1, 0.15) is 0 Å². The first-order chi connectivity index (χ1) is 6.48. The fourth-order valence-corrected chi connectivity index (χ4v) is 1.37. The van der Waals surface area contributed by atoms with Gasteiger partial charge in [0.2, 0.25) is 0 Å². The lowest BCUT2D eigenvalue weighted by molar-refractivity contribution is 0.132. The largest absolute Gasteiger partial charge is 0.382 e. The second kappa shape index (κ2) is 7.24. The third-order valence-electron chi connectivity index (χ3n) is 2.34. The van der Waals surface area contributed by atoms with E-state index >= 15 is 0 Å². The van der Waals surface area contributed by atoms with E-state index in [9.17, 15) is 0 Å². The summed E-state index contributed by atoms with van der Waals surface area (Å²) in [6.45, 7) is 13.9. The van der Waals surface area contributed by atoms with Crippen molar-refractivity contribution < 1.29 is 4.74 Å². The highest BCUT2D eigenvalue weighted by Crippen LogP contribution is 2.21. The van der Waals surface area contributed by atoms with Crippen LogP contribution in [0.3, 0.4) is 0 Å². The van der Waals surface area contributed by atoms with Gasteiger partial charge in [-0.25, -0.2) is 0 Å². The molecule has 0 aromatic rings. The average Bonchev–Trinajstić information content (AvgIpc) is 2.10. The summed E-state index contributed by atoms with van der Waals surface area (Å²) in [5.74, 6) is 0. The number of rotatable bonds is 8. The predicted octanol–water partition coefficient (Wildman–Crippen LogP) is 2.83. The van der Waals surface area contributed by atoms with E-state index in [4.69, 9.17) is 4.74 Å². The third kappa shape index (κ3) is 8.52. The van der Waals surface area contributed by atoms with Crippen LogP contribution in [0.5, 0.6) is 0 Å². The lowest BCUT2D eigenvalue weighted by Gasteiger charge is -2.26. The monoisotopic (exact) mass is 201 g/mol. The molecule has 2 heteroatoms. The van der Waals surface area contributed by atoms with E-state index in [2.05, 4.69) is 33.0 Å². The molecule has 0 bridgehead atoms. The zero-order valence-electron chi connectivity index (χ0n) is 10.5. The second-order valence-corrected chi connectivity index (χ2v) is 5.00. The van der Waals surface area contributed by atoms with Crippen molar-refractivity contribution in [3.05, 3.63) is 0 Å². The maximum Gasteiger partial charge on any atom is 0.0466 e. The van der Waals surface area contributed by atoms with Crippen molar-refractivity contribution >= 4 is 0 Å². The number of hydrogen-bond acceptors (Lipinski definition) is 2. The van der Waals surface area contributed by atoms with Gasteiger partial charge in [-0.15, -0.1) is 0 Å². The molecule has 0 aliphatic carbocycles. The van der Waals surface area contributed by atoms with E-state index in [0.29, 0.717) is 11.5 Å². The van der Waals surface area contributed by atoms with Crippen molar-refractivity contribution in [2.45, 2.75) is 53.5 Å². The Hall–Kier alpha value is -0.0800. The van der Waals surface area contributed by atoms with Crippen molar-refractivity contribution in [1.82, 2.24) is 5.32 Å². The van der Waals surface area contributed by atoms with Crippen molar-refractivity contribution in [2.24, 2.45) is 5.41 Å². The van der Waals surface area contributed by atoms with Gasteiger partial charge in [0, 0.05) is 25.8 Å². The van der Waals surface area contributed by atoms with E-state index in [1.54, 1.807) is 0 Å². The van der Waals surface area contributed by atoms with Crippen LogP contribution < -0.4 is 5.32 Å². The van der Waals surface area contributed by atoms with Gasteiger partial charge in [0.25, 0.3) is 0 Å². The molecule has 0 atom stereocenters. The molecule has 0 aliphatic rings. The Balaban J connectivity index is 3.50. The van der Waals surface area contributed by atoms with Gasteiger partial charge in [-0.2, -0.15) is 0 Å². The van der Waals surface area contributed by atoms with Gasteiger partial charge in [-0.3, -0.25) is 0 Å². The highest BCUT2D eigenvalue weighted by Gasteiger charge is 2.17. The van der Waals surface area contributed by atoms with Crippen LogP contribution in [0.15, 0.2) is 0 Å². The minimum absolute atomic E-state index is 0.390. The minimum atomic E-state index is 0.390. The Morgan fingerprint density at radius 2 is 1.93 bits per heavy atom. The summed E-state index contributed by atoms with van der Waals surface area (Å²) >= 11 is 0. The minimum Gasteiger partial charge on any atom is -0.382 e. The van der Waals surface area contributed by atoms with Crippen LogP contribution in [-0.4, -0.2) is 25.8 Å². The van der Waals surface area contributed by atoms with Gasteiger partial charge in [0.05, 0.1) is 0 Å². The van der Waals surface area contributed by atoms with Crippen LogP contribution in [0.25, 0.3) is 0 Å². The SMILES string of the molecule is CCOCCCC(C)(C)CNC(C)C. The highest BCUT2D eigenvalue weighted by molar-refractivity contribution is 4.72. The lowest BCUT2D eigenvalue weighted by Crippen LogP contribution is -2.34. The van der Waals surface area contributed by atoms with Crippen molar-refractivity contribution in [2.75, 3.05) is 19.8 Å². The zero-order chi connectivity index (χ0) is 11.0. The number of nitrogens with one attached hydrogen (secondary N) is 1. The number of ether oxygens (including phenoxy) is 1. The van der Waals surface area contributed by atoms with Crippen molar-refractivity contribution in [1.29, 1.82) is 0 Å².